The molecule has 2 N–H and O–H groups in total. The van der Waals surface area contributed by atoms with Crippen molar-refractivity contribution in [1.29, 1.82) is 0 Å². The monoisotopic (exact) mass is 361 g/mol. The van der Waals surface area contributed by atoms with Gasteiger partial charge in [0, 0.05) is 31.9 Å². The van der Waals surface area contributed by atoms with Crippen molar-refractivity contribution >= 4 is 17.7 Å². The number of nitrogens with zero attached hydrogens (tertiary/aromatic N) is 3. The number of nitrogens with one attached hydrogen (secondary N) is 2. The molecule has 0 bridgehead atoms. The molecule has 0 spiro atoms. The second kappa shape index (κ2) is 9.40. The summed E-state index contributed by atoms with van der Waals surface area (Å²) < 4.78 is 5.30. The highest BCUT2D eigenvalue weighted by molar-refractivity contribution is 5.83. The average molecular weight is 361 g/mol. The number of aliphatic imine (C=N–C) groups is 1. The zero-order chi connectivity index (χ0) is 19.0. The van der Waals surface area contributed by atoms with Gasteiger partial charge in [-0.1, -0.05) is 6.07 Å². The summed E-state index contributed by atoms with van der Waals surface area (Å²) in [4.78, 5) is 22.9. The Hall–Kier alpha value is -2.31. The standard InChI is InChI=1S/C19H31N5O2/c1-5-20-18(22-14-17(25)26-19(2,3)4)23-15-9-12-24(13-10-15)16-8-6-7-11-21-16/h6-8,11,15H,5,9-10,12-14H2,1-4H3,(H2,20,22,23). The number of carbonyl (C=O) groups is 1. The van der Waals surface area contributed by atoms with Crippen LogP contribution in [0.2, 0.25) is 0 Å². The minimum Gasteiger partial charge on any atom is -0.459 e. The molecule has 1 saturated heterocycles. The van der Waals surface area contributed by atoms with E-state index in [1.807, 2.05) is 52.1 Å². The Morgan fingerprint density at radius 2 is 2.08 bits per heavy atom. The largest absolute Gasteiger partial charge is 0.459 e. The number of hydrogen-bond donors (Lipinski definition) is 2. The van der Waals surface area contributed by atoms with E-state index in [0.717, 1.165) is 38.3 Å². The zero-order valence-electron chi connectivity index (χ0n) is 16.3. The number of aromatic nitrogens is 1. The Labute approximate surface area is 156 Å². The van der Waals surface area contributed by atoms with Gasteiger partial charge in [0.25, 0.3) is 0 Å². The molecule has 1 fully saturated rings. The molecular formula is C19H31N5O2. The number of piperidine rings is 1. The summed E-state index contributed by atoms with van der Waals surface area (Å²) in [5, 5.41) is 6.63. The predicted molar refractivity (Wildman–Crippen MR) is 104 cm³/mol. The topological polar surface area (TPSA) is 78.8 Å². The summed E-state index contributed by atoms with van der Waals surface area (Å²) in [6.07, 6.45) is 3.81. The van der Waals surface area contributed by atoms with Crippen LogP contribution in [0.25, 0.3) is 0 Å². The van der Waals surface area contributed by atoms with E-state index in [9.17, 15) is 4.79 Å². The van der Waals surface area contributed by atoms with Crippen molar-refractivity contribution < 1.29 is 9.53 Å². The van der Waals surface area contributed by atoms with Crippen LogP contribution >= 0.6 is 0 Å². The molecule has 0 unspecified atom stereocenters. The van der Waals surface area contributed by atoms with Crippen LogP contribution in [0.4, 0.5) is 5.82 Å². The number of esters is 1. The van der Waals surface area contributed by atoms with Gasteiger partial charge in [-0.25, -0.2) is 9.98 Å². The summed E-state index contributed by atoms with van der Waals surface area (Å²) >= 11 is 0. The smallest absolute Gasteiger partial charge is 0.328 e. The van der Waals surface area contributed by atoms with Gasteiger partial charge in [0.1, 0.15) is 18.0 Å². The molecule has 7 heteroatoms. The third kappa shape index (κ3) is 6.90. The first-order valence-corrected chi connectivity index (χ1v) is 9.30. The van der Waals surface area contributed by atoms with E-state index in [2.05, 4.69) is 25.5 Å². The minimum atomic E-state index is -0.489. The van der Waals surface area contributed by atoms with E-state index < -0.39 is 5.60 Å². The molecule has 1 aromatic rings. The number of guanidine groups is 1. The van der Waals surface area contributed by atoms with Crippen molar-refractivity contribution in [3.63, 3.8) is 0 Å². The number of rotatable bonds is 5. The Morgan fingerprint density at radius 3 is 2.65 bits per heavy atom. The maximum atomic E-state index is 11.9. The fourth-order valence-electron chi connectivity index (χ4n) is 2.82. The van der Waals surface area contributed by atoms with Crippen molar-refractivity contribution in [3.05, 3.63) is 24.4 Å². The summed E-state index contributed by atoms with van der Waals surface area (Å²) in [6, 6.07) is 6.31. The van der Waals surface area contributed by atoms with Crippen molar-refractivity contribution in [2.24, 2.45) is 4.99 Å². The van der Waals surface area contributed by atoms with Crippen molar-refractivity contribution in [2.75, 3.05) is 31.1 Å². The first-order chi connectivity index (χ1) is 12.4. The third-order valence-electron chi connectivity index (χ3n) is 3.94. The van der Waals surface area contributed by atoms with Gasteiger partial charge < -0.3 is 20.3 Å². The van der Waals surface area contributed by atoms with E-state index in [1.54, 1.807) is 0 Å². The van der Waals surface area contributed by atoms with Gasteiger partial charge in [0.15, 0.2) is 5.96 Å². The first-order valence-electron chi connectivity index (χ1n) is 9.30. The van der Waals surface area contributed by atoms with Crippen LogP contribution < -0.4 is 15.5 Å². The second-order valence-corrected chi connectivity index (χ2v) is 7.38. The van der Waals surface area contributed by atoms with Crippen molar-refractivity contribution in [1.82, 2.24) is 15.6 Å². The summed E-state index contributed by atoms with van der Waals surface area (Å²) in [5.74, 6) is 1.37. The van der Waals surface area contributed by atoms with Gasteiger partial charge in [-0.3, -0.25) is 4.79 Å². The molecule has 2 rings (SSSR count). The third-order valence-corrected chi connectivity index (χ3v) is 3.94. The number of anilines is 1. The van der Waals surface area contributed by atoms with E-state index in [4.69, 9.17) is 4.74 Å². The fraction of sp³-hybridized carbons (Fsp3) is 0.632. The van der Waals surface area contributed by atoms with Gasteiger partial charge >= 0.3 is 5.97 Å². The number of carbonyl (C=O) groups excluding carboxylic acids is 1. The fourth-order valence-corrected chi connectivity index (χ4v) is 2.82. The van der Waals surface area contributed by atoms with Crippen LogP contribution in [-0.4, -0.2) is 54.7 Å². The van der Waals surface area contributed by atoms with Gasteiger partial charge in [-0.15, -0.1) is 0 Å². The minimum absolute atomic E-state index is 0.0133. The molecule has 7 nitrogen and oxygen atoms in total. The lowest BCUT2D eigenvalue weighted by Gasteiger charge is -2.33. The Balaban J connectivity index is 1.84. The van der Waals surface area contributed by atoms with Gasteiger partial charge in [-0.05, 0) is 52.7 Å². The van der Waals surface area contributed by atoms with Crippen molar-refractivity contribution in [2.45, 2.75) is 52.2 Å². The molecule has 2 heterocycles. The second-order valence-electron chi connectivity index (χ2n) is 7.38. The molecular weight excluding hydrogens is 330 g/mol. The van der Waals surface area contributed by atoms with Crippen LogP contribution in [0, 0.1) is 0 Å². The highest BCUT2D eigenvalue weighted by atomic mass is 16.6. The average Bonchev–Trinajstić information content (AvgIpc) is 2.60. The summed E-state index contributed by atoms with van der Waals surface area (Å²) in [6.45, 7) is 10.2. The lowest BCUT2D eigenvalue weighted by molar-refractivity contribution is -0.152. The van der Waals surface area contributed by atoms with Crippen LogP contribution in [-0.2, 0) is 9.53 Å². The molecule has 0 saturated carbocycles. The normalized spacial score (nSPS) is 16.3. The first kappa shape index (κ1) is 20.0. The molecule has 0 atom stereocenters. The Kier molecular flexibility index (Phi) is 7.24. The maximum Gasteiger partial charge on any atom is 0.328 e. The van der Waals surface area contributed by atoms with E-state index in [-0.39, 0.29) is 12.5 Å². The SMILES string of the molecule is CCNC(=NCC(=O)OC(C)(C)C)NC1CCN(c2ccccn2)CC1. The highest BCUT2D eigenvalue weighted by Gasteiger charge is 2.21. The highest BCUT2D eigenvalue weighted by Crippen LogP contribution is 2.17. The number of pyridine rings is 1. The zero-order valence-corrected chi connectivity index (χ0v) is 16.3. The van der Waals surface area contributed by atoms with Gasteiger partial charge in [0.2, 0.25) is 0 Å². The molecule has 26 heavy (non-hydrogen) atoms. The van der Waals surface area contributed by atoms with Crippen LogP contribution in [0.15, 0.2) is 29.4 Å². The molecule has 1 aromatic heterocycles. The Bertz CT molecular complexity index is 590. The van der Waals surface area contributed by atoms with Crippen LogP contribution in [0.1, 0.15) is 40.5 Å². The van der Waals surface area contributed by atoms with Gasteiger partial charge in [0.05, 0.1) is 0 Å². The lowest BCUT2D eigenvalue weighted by atomic mass is 10.1. The van der Waals surface area contributed by atoms with E-state index >= 15 is 0 Å². The molecule has 1 aliphatic rings. The quantitative estimate of drug-likeness (QED) is 0.474. The molecule has 0 aromatic carbocycles. The molecule has 0 amide bonds. The lowest BCUT2D eigenvalue weighted by Crippen LogP contribution is -2.49. The Morgan fingerprint density at radius 1 is 1.35 bits per heavy atom. The van der Waals surface area contributed by atoms with Crippen LogP contribution in [0.3, 0.4) is 0 Å². The van der Waals surface area contributed by atoms with Crippen LogP contribution in [0.5, 0.6) is 0 Å². The summed E-state index contributed by atoms with van der Waals surface area (Å²) in [5.41, 5.74) is -0.489. The van der Waals surface area contributed by atoms with Crippen molar-refractivity contribution in [3.8, 4) is 0 Å². The maximum absolute atomic E-state index is 11.9. The predicted octanol–water partition coefficient (Wildman–Crippen LogP) is 1.95. The van der Waals surface area contributed by atoms with E-state index in [0.29, 0.717) is 12.0 Å². The molecule has 0 aliphatic carbocycles. The van der Waals surface area contributed by atoms with E-state index in [1.165, 1.54) is 0 Å². The molecule has 1 aliphatic heterocycles. The van der Waals surface area contributed by atoms with Gasteiger partial charge in [-0.2, -0.15) is 0 Å². The number of hydrogen-bond acceptors (Lipinski definition) is 5. The number of ether oxygens (including phenoxy) is 1. The molecule has 144 valence electrons. The molecule has 0 radical (unpaired) electrons. The summed E-state index contributed by atoms with van der Waals surface area (Å²) in [7, 11) is 0.